The topological polar surface area (TPSA) is 87.2 Å². The molecular weight excluding hydrogens is 310 g/mol. The van der Waals surface area contributed by atoms with E-state index in [9.17, 15) is 9.59 Å². The van der Waals surface area contributed by atoms with Gasteiger partial charge in [0.25, 0.3) is 0 Å². The molecule has 3 aromatic rings. The molecule has 0 aliphatic carbocycles. The summed E-state index contributed by atoms with van der Waals surface area (Å²) >= 11 is 0. The summed E-state index contributed by atoms with van der Waals surface area (Å²) in [6.07, 6.45) is 0. The molecule has 0 N–H and O–H groups in total. The molecule has 1 aromatic carbocycles. The summed E-state index contributed by atoms with van der Waals surface area (Å²) in [7, 11) is 0. The van der Waals surface area contributed by atoms with E-state index in [0.717, 1.165) is 10.9 Å². The van der Waals surface area contributed by atoms with Crippen molar-refractivity contribution in [1.82, 2.24) is 15.0 Å². The van der Waals surface area contributed by atoms with Gasteiger partial charge in [-0.3, -0.25) is 0 Å². The van der Waals surface area contributed by atoms with E-state index in [1.165, 1.54) is 10.7 Å². The van der Waals surface area contributed by atoms with Crippen molar-refractivity contribution in [3.05, 3.63) is 57.2 Å². The van der Waals surface area contributed by atoms with Crippen molar-refractivity contribution in [3.8, 4) is 0 Å². The predicted molar refractivity (Wildman–Crippen MR) is 87.0 cm³/mol. The summed E-state index contributed by atoms with van der Waals surface area (Å²) in [5.74, 6) is -0.483. The van der Waals surface area contributed by atoms with Crippen LogP contribution < -0.4 is 5.63 Å². The zero-order chi connectivity index (χ0) is 17.3. The third kappa shape index (κ3) is 2.92. The van der Waals surface area contributed by atoms with E-state index in [1.807, 2.05) is 19.1 Å². The van der Waals surface area contributed by atoms with Gasteiger partial charge in [-0.1, -0.05) is 16.8 Å². The van der Waals surface area contributed by atoms with Gasteiger partial charge in [-0.2, -0.15) is 0 Å². The summed E-state index contributed by atoms with van der Waals surface area (Å²) in [5.41, 5.74) is 2.56. The standard InChI is InChI=1S/C17H17N3O4/c1-4-23-17(22)16-11(3)18-19-20(16)9-12-8-15(21)24-14-6-5-10(2)7-13(12)14/h5-8H,4,9H2,1-3H3. The maximum atomic E-state index is 12.1. The highest BCUT2D eigenvalue weighted by atomic mass is 16.5. The molecular formula is C17H17N3O4. The molecule has 0 spiro atoms. The molecule has 0 aliphatic rings. The van der Waals surface area contributed by atoms with Crippen LogP contribution in [0.3, 0.4) is 0 Å². The highest BCUT2D eigenvalue weighted by Gasteiger charge is 2.20. The van der Waals surface area contributed by atoms with Crippen LogP contribution in [0.15, 0.2) is 33.5 Å². The van der Waals surface area contributed by atoms with Gasteiger partial charge < -0.3 is 9.15 Å². The molecule has 0 saturated heterocycles. The van der Waals surface area contributed by atoms with Crippen LogP contribution in [0.4, 0.5) is 0 Å². The van der Waals surface area contributed by atoms with Gasteiger partial charge in [-0.05, 0) is 38.5 Å². The van der Waals surface area contributed by atoms with Crippen molar-refractivity contribution in [1.29, 1.82) is 0 Å². The number of aromatic nitrogens is 3. The van der Waals surface area contributed by atoms with Crippen LogP contribution in [0, 0.1) is 13.8 Å². The zero-order valence-electron chi connectivity index (χ0n) is 13.7. The van der Waals surface area contributed by atoms with Crippen LogP contribution in [-0.4, -0.2) is 27.6 Å². The fraction of sp³-hybridized carbons (Fsp3) is 0.294. The molecule has 3 rings (SSSR count). The number of hydrogen-bond donors (Lipinski definition) is 0. The van der Waals surface area contributed by atoms with Crippen LogP contribution >= 0.6 is 0 Å². The van der Waals surface area contributed by atoms with Gasteiger partial charge in [0.05, 0.1) is 18.8 Å². The quantitative estimate of drug-likeness (QED) is 0.539. The number of fused-ring (bicyclic) bond motifs is 1. The minimum absolute atomic E-state index is 0.223. The fourth-order valence-corrected chi connectivity index (χ4v) is 2.60. The molecule has 2 heterocycles. The lowest BCUT2D eigenvalue weighted by Gasteiger charge is -2.09. The van der Waals surface area contributed by atoms with Crippen molar-refractivity contribution in [3.63, 3.8) is 0 Å². The van der Waals surface area contributed by atoms with Crippen LogP contribution in [-0.2, 0) is 11.3 Å². The number of esters is 1. The Bertz CT molecular complexity index is 972. The first-order valence-electron chi connectivity index (χ1n) is 7.60. The SMILES string of the molecule is CCOC(=O)c1c(C)nnn1Cc1cc(=O)oc2ccc(C)cc12. The molecule has 0 amide bonds. The van der Waals surface area contributed by atoms with Crippen molar-refractivity contribution in [2.24, 2.45) is 0 Å². The van der Waals surface area contributed by atoms with Gasteiger partial charge in [0.15, 0.2) is 5.69 Å². The second-order valence-electron chi connectivity index (χ2n) is 5.49. The first kappa shape index (κ1) is 15.9. The van der Waals surface area contributed by atoms with Gasteiger partial charge >= 0.3 is 11.6 Å². The Hall–Kier alpha value is -2.96. The Morgan fingerprint density at radius 2 is 2.08 bits per heavy atom. The number of carbonyl (C=O) groups is 1. The Labute approximate surface area is 137 Å². The number of carbonyl (C=O) groups excluding carboxylic acids is 1. The number of benzene rings is 1. The molecule has 0 bridgehead atoms. The van der Waals surface area contributed by atoms with E-state index < -0.39 is 11.6 Å². The average molecular weight is 327 g/mol. The first-order valence-corrected chi connectivity index (χ1v) is 7.60. The van der Waals surface area contributed by atoms with Crippen LogP contribution in [0.25, 0.3) is 11.0 Å². The number of nitrogens with zero attached hydrogens (tertiary/aromatic N) is 3. The molecule has 2 aromatic heterocycles. The summed E-state index contributed by atoms with van der Waals surface area (Å²) < 4.78 is 11.7. The number of rotatable bonds is 4. The highest BCUT2D eigenvalue weighted by molar-refractivity contribution is 5.88. The largest absolute Gasteiger partial charge is 0.461 e. The Kier molecular flexibility index (Phi) is 4.16. The van der Waals surface area contributed by atoms with Gasteiger partial charge in [0.2, 0.25) is 0 Å². The van der Waals surface area contributed by atoms with Gasteiger partial charge in [0.1, 0.15) is 5.58 Å². The van der Waals surface area contributed by atoms with Crippen molar-refractivity contribution < 1.29 is 13.9 Å². The minimum Gasteiger partial charge on any atom is -0.461 e. The zero-order valence-corrected chi connectivity index (χ0v) is 13.7. The van der Waals surface area contributed by atoms with E-state index in [2.05, 4.69) is 10.3 Å². The molecule has 7 heteroatoms. The van der Waals surface area contributed by atoms with E-state index in [1.54, 1.807) is 19.9 Å². The second kappa shape index (κ2) is 6.27. The smallest absolute Gasteiger partial charge is 0.358 e. The van der Waals surface area contributed by atoms with Gasteiger partial charge in [0, 0.05) is 11.5 Å². The number of aryl methyl sites for hydroxylation is 2. The van der Waals surface area contributed by atoms with E-state index in [4.69, 9.17) is 9.15 Å². The van der Waals surface area contributed by atoms with Gasteiger partial charge in [-0.15, -0.1) is 5.10 Å². The van der Waals surface area contributed by atoms with Crippen LogP contribution in [0.2, 0.25) is 0 Å². The third-order valence-electron chi connectivity index (χ3n) is 3.68. The average Bonchev–Trinajstić information content (AvgIpc) is 2.89. The molecule has 0 atom stereocenters. The maximum absolute atomic E-state index is 12.1. The van der Waals surface area contributed by atoms with Crippen molar-refractivity contribution >= 4 is 16.9 Å². The Balaban J connectivity index is 2.10. The summed E-state index contributed by atoms with van der Waals surface area (Å²) in [6, 6.07) is 6.97. The maximum Gasteiger partial charge on any atom is 0.358 e. The Morgan fingerprint density at radius 1 is 1.29 bits per heavy atom. The lowest BCUT2D eigenvalue weighted by molar-refractivity contribution is 0.0511. The summed E-state index contributed by atoms with van der Waals surface area (Å²) in [4.78, 5) is 23.9. The monoisotopic (exact) mass is 327 g/mol. The lowest BCUT2D eigenvalue weighted by atomic mass is 10.1. The molecule has 7 nitrogen and oxygen atoms in total. The van der Waals surface area contributed by atoms with Gasteiger partial charge in [-0.25, -0.2) is 14.3 Å². The van der Waals surface area contributed by atoms with Crippen molar-refractivity contribution in [2.45, 2.75) is 27.3 Å². The minimum atomic E-state index is -0.483. The Morgan fingerprint density at radius 3 is 2.83 bits per heavy atom. The normalized spacial score (nSPS) is 11.0. The molecule has 0 radical (unpaired) electrons. The summed E-state index contributed by atoms with van der Waals surface area (Å²) in [5, 5.41) is 8.76. The number of hydrogen-bond acceptors (Lipinski definition) is 6. The third-order valence-corrected chi connectivity index (χ3v) is 3.68. The molecule has 24 heavy (non-hydrogen) atoms. The second-order valence-corrected chi connectivity index (χ2v) is 5.49. The van der Waals surface area contributed by atoms with E-state index in [0.29, 0.717) is 16.8 Å². The van der Waals surface area contributed by atoms with E-state index >= 15 is 0 Å². The molecule has 0 aliphatic heterocycles. The van der Waals surface area contributed by atoms with Crippen LogP contribution in [0.5, 0.6) is 0 Å². The van der Waals surface area contributed by atoms with Crippen molar-refractivity contribution in [2.75, 3.05) is 6.61 Å². The molecule has 0 fully saturated rings. The lowest BCUT2D eigenvalue weighted by Crippen LogP contribution is -2.16. The van der Waals surface area contributed by atoms with E-state index in [-0.39, 0.29) is 18.8 Å². The number of ether oxygens (including phenoxy) is 1. The fourth-order valence-electron chi connectivity index (χ4n) is 2.60. The predicted octanol–water partition coefficient (Wildman–Crippen LogP) is 2.23. The first-order chi connectivity index (χ1) is 11.5. The summed E-state index contributed by atoms with van der Waals surface area (Å²) in [6.45, 7) is 5.87. The van der Waals surface area contributed by atoms with Crippen LogP contribution in [0.1, 0.15) is 34.2 Å². The molecule has 0 unspecified atom stereocenters. The highest BCUT2D eigenvalue weighted by Crippen LogP contribution is 2.20. The molecule has 0 saturated carbocycles. The molecule has 124 valence electrons.